The Balaban J connectivity index is 3.34. The summed E-state index contributed by atoms with van der Waals surface area (Å²) < 4.78 is 30.5. The zero-order valence-corrected chi connectivity index (χ0v) is 16.6. The van der Waals surface area contributed by atoms with Crippen molar-refractivity contribution in [2.75, 3.05) is 6.61 Å². The molecule has 0 aromatic heterocycles. The Morgan fingerprint density at radius 1 is 0.759 bits per heavy atom. The van der Waals surface area contributed by atoms with Gasteiger partial charge in [-0.05, 0) is 0 Å². The number of esters is 5. The number of carbonyl (C=O) groups excluding carboxylic acids is 5. The van der Waals surface area contributed by atoms with Crippen molar-refractivity contribution in [2.45, 2.75) is 71.4 Å². The fourth-order valence-electron chi connectivity index (χ4n) is 2.73. The first kappa shape index (κ1) is 24.3. The van der Waals surface area contributed by atoms with E-state index in [0.717, 1.165) is 34.6 Å². The van der Waals surface area contributed by atoms with E-state index in [-0.39, 0.29) is 0 Å². The summed E-state index contributed by atoms with van der Waals surface area (Å²) in [6.07, 6.45) is -9.10. The van der Waals surface area contributed by atoms with E-state index in [4.69, 9.17) is 28.4 Å². The predicted octanol–water partition coefficient (Wildman–Crippen LogP) is -1.01. The van der Waals surface area contributed by atoms with Crippen molar-refractivity contribution in [3.8, 4) is 0 Å². The smallest absolute Gasteiger partial charge is 0.303 e. The van der Waals surface area contributed by atoms with E-state index in [0.29, 0.717) is 0 Å². The molecule has 164 valence electrons. The highest BCUT2D eigenvalue weighted by molar-refractivity contribution is 5.69. The molecule has 0 radical (unpaired) electrons. The van der Waals surface area contributed by atoms with Gasteiger partial charge in [-0.1, -0.05) is 0 Å². The summed E-state index contributed by atoms with van der Waals surface area (Å²) in [4.78, 5) is 57.2. The first-order valence-corrected chi connectivity index (χ1v) is 8.58. The quantitative estimate of drug-likeness (QED) is 0.395. The zero-order chi connectivity index (χ0) is 22.3. The van der Waals surface area contributed by atoms with Crippen LogP contribution in [0.2, 0.25) is 0 Å². The molecule has 0 aromatic carbocycles. The van der Waals surface area contributed by atoms with Gasteiger partial charge < -0.3 is 33.5 Å². The van der Waals surface area contributed by atoms with Crippen molar-refractivity contribution in [2.24, 2.45) is 0 Å². The van der Waals surface area contributed by atoms with Gasteiger partial charge >= 0.3 is 29.8 Å². The summed E-state index contributed by atoms with van der Waals surface area (Å²) in [6, 6.07) is 0. The third kappa shape index (κ3) is 7.66. The molecule has 6 atom stereocenters. The summed E-state index contributed by atoms with van der Waals surface area (Å²) in [7, 11) is 0. The van der Waals surface area contributed by atoms with Gasteiger partial charge in [-0.2, -0.15) is 0 Å². The third-order valence-corrected chi connectivity index (χ3v) is 3.59. The van der Waals surface area contributed by atoms with Crippen LogP contribution in [0.1, 0.15) is 34.6 Å². The molecule has 12 nitrogen and oxygen atoms in total. The molecule has 1 aliphatic rings. The van der Waals surface area contributed by atoms with Gasteiger partial charge in [0.2, 0.25) is 0 Å². The molecule has 0 saturated carbocycles. The van der Waals surface area contributed by atoms with Crippen molar-refractivity contribution in [1.29, 1.82) is 0 Å². The molecule has 0 aromatic rings. The maximum absolute atomic E-state index is 11.6. The SMILES string of the molecule is CC(=O)OC[C@H](OC(C)=O)[C@H]1O[C@H](O)[C@@H](OC(C)=O)[C@@H](OC(C)=O)[C@@H]1OC(C)=O. The van der Waals surface area contributed by atoms with E-state index in [1.807, 2.05) is 0 Å². The van der Waals surface area contributed by atoms with Crippen molar-refractivity contribution >= 4 is 29.8 Å². The molecule has 0 spiro atoms. The van der Waals surface area contributed by atoms with Crippen LogP contribution in [0, 0.1) is 0 Å². The summed E-state index contributed by atoms with van der Waals surface area (Å²) in [6.45, 7) is 4.84. The molecule has 12 heteroatoms. The number of carbonyl (C=O) groups is 5. The van der Waals surface area contributed by atoms with Gasteiger partial charge in [-0.3, -0.25) is 24.0 Å². The maximum atomic E-state index is 11.6. The first-order valence-electron chi connectivity index (χ1n) is 8.58. The maximum Gasteiger partial charge on any atom is 0.303 e. The summed E-state index contributed by atoms with van der Waals surface area (Å²) in [5, 5.41) is 10.3. The van der Waals surface area contributed by atoms with E-state index in [9.17, 15) is 29.1 Å². The number of rotatable bonds is 7. The predicted molar refractivity (Wildman–Crippen MR) is 89.7 cm³/mol. The molecule has 1 aliphatic heterocycles. The molecular formula is C17H24O12. The molecule has 29 heavy (non-hydrogen) atoms. The van der Waals surface area contributed by atoms with Crippen LogP contribution in [0.3, 0.4) is 0 Å². The molecule has 0 aliphatic carbocycles. The lowest BCUT2D eigenvalue weighted by Gasteiger charge is -2.44. The summed E-state index contributed by atoms with van der Waals surface area (Å²) >= 11 is 0. The number of hydrogen-bond donors (Lipinski definition) is 1. The minimum Gasteiger partial charge on any atom is -0.462 e. The highest BCUT2D eigenvalue weighted by Crippen LogP contribution is 2.30. The Morgan fingerprint density at radius 3 is 1.69 bits per heavy atom. The highest BCUT2D eigenvalue weighted by Gasteiger charge is 2.54. The Labute approximate surface area is 166 Å². The van der Waals surface area contributed by atoms with E-state index < -0.39 is 73.3 Å². The Hall–Kier alpha value is -2.73. The number of ether oxygens (including phenoxy) is 6. The van der Waals surface area contributed by atoms with Crippen LogP contribution in [0.5, 0.6) is 0 Å². The van der Waals surface area contributed by atoms with Gasteiger partial charge in [0, 0.05) is 34.6 Å². The van der Waals surface area contributed by atoms with E-state index in [1.165, 1.54) is 0 Å². The van der Waals surface area contributed by atoms with Gasteiger partial charge in [0.05, 0.1) is 0 Å². The molecule has 0 amide bonds. The largest absolute Gasteiger partial charge is 0.462 e. The van der Waals surface area contributed by atoms with Crippen molar-refractivity contribution in [3.05, 3.63) is 0 Å². The average Bonchev–Trinajstić information content (AvgIpc) is 2.55. The van der Waals surface area contributed by atoms with Crippen LogP contribution in [-0.4, -0.2) is 78.4 Å². The van der Waals surface area contributed by atoms with E-state index >= 15 is 0 Å². The van der Waals surface area contributed by atoms with Crippen LogP contribution >= 0.6 is 0 Å². The fourth-order valence-corrected chi connectivity index (χ4v) is 2.73. The minimum absolute atomic E-state index is 0.505. The average molecular weight is 420 g/mol. The standard InChI is InChI=1S/C17H24O12/c1-7(18)24-6-12(25-8(2)19)13-14(26-9(3)20)15(27-10(4)21)16(17(23)29-13)28-11(5)22/h12-17,23H,6H2,1-5H3/t12-,13+,14+,15-,16-,17-/m0/s1. The highest BCUT2D eigenvalue weighted by atomic mass is 16.7. The monoisotopic (exact) mass is 420 g/mol. The molecule has 1 fully saturated rings. The molecule has 0 unspecified atom stereocenters. The molecule has 1 saturated heterocycles. The van der Waals surface area contributed by atoms with Crippen LogP contribution in [0.15, 0.2) is 0 Å². The van der Waals surface area contributed by atoms with E-state index in [2.05, 4.69) is 0 Å². The van der Waals surface area contributed by atoms with Crippen molar-refractivity contribution in [1.82, 2.24) is 0 Å². The van der Waals surface area contributed by atoms with Crippen LogP contribution in [-0.2, 0) is 52.4 Å². The number of hydrogen-bond acceptors (Lipinski definition) is 12. The lowest BCUT2D eigenvalue weighted by molar-refractivity contribution is -0.306. The number of aliphatic hydroxyl groups is 1. The van der Waals surface area contributed by atoms with Gasteiger partial charge in [0.1, 0.15) is 12.7 Å². The van der Waals surface area contributed by atoms with Gasteiger partial charge in [-0.15, -0.1) is 0 Å². The molecular weight excluding hydrogens is 396 g/mol. The Kier molecular flexibility index (Phi) is 8.98. The van der Waals surface area contributed by atoms with Gasteiger partial charge in [-0.25, -0.2) is 0 Å². The van der Waals surface area contributed by atoms with Crippen molar-refractivity contribution in [3.63, 3.8) is 0 Å². The topological polar surface area (TPSA) is 161 Å². The Bertz CT molecular complexity index is 644. The van der Waals surface area contributed by atoms with Crippen LogP contribution in [0.4, 0.5) is 0 Å². The fraction of sp³-hybridized carbons (Fsp3) is 0.706. The summed E-state index contributed by atoms with van der Waals surface area (Å²) in [5.41, 5.74) is 0. The zero-order valence-electron chi connectivity index (χ0n) is 16.6. The van der Waals surface area contributed by atoms with Crippen molar-refractivity contribution < 1.29 is 57.5 Å². The van der Waals surface area contributed by atoms with Crippen LogP contribution in [0.25, 0.3) is 0 Å². The minimum atomic E-state index is -1.84. The number of aliphatic hydroxyl groups excluding tert-OH is 1. The second kappa shape index (κ2) is 10.7. The lowest BCUT2D eigenvalue weighted by atomic mass is 9.94. The Morgan fingerprint density at radius 2 is 1.24 bits per heavy atom. The molecule has 1 heterocycles. The van der Waals surface area contributed by atoms with E-state index in [1.54, 1.807) is 0 Å². The second-order valence-corrected chi connectivity index (χ2v) is 6.16. The van der Waals surface area contributed by atoms with Crippen LogP contribution < -0.4 is 0 Å². The molecule has 1 rings (SSSR count). The first-order chi connectivity index (χ1) is 13.4. The molecule has 1 N–H and O–H groups in total. The summed E-state index contributed by atoms with van der Waals surface area (Å²) in [5.74, 6) is -3.97. The second-order valence-electron chi connectivity index (χ2n) is 6.16. The third-order valence-electron chi connectivity index (χ3n) is 3.59. The molecule has 0 bridgehead atoms. The lowest BCUT2D eigenvalue weighted by Crippen LogP contribution is -2.64. The van der Waals surface area contributed by atoms with Gasteiger partial charge in [0.25, 0.3) is 0 Å². The van der Waals surface area contributed by atoms with Gasteiger partial charge in [0.15, 0.2) is 30.7 Å². The normalized spacial score (nSPS) is 27.2.